The van der Waals surface area contributed by atoms with E-state index in [9.17, 15) is 14.4 Å². The van der Waals surface area contributed by atoms with Crippen molar-refractivity contribution in [3.8, 4) is 0 Å². The molecule has 0 fully saturated rings. The lowest BCUT2D eigenvalue weighted by Crippen LogP contribution is -2.51. The molecule has 0 spiro atoms. The molecule has 1 atom stereocenters. The molecular weight excluding hydrogens is 374 g/mol. The summed E-state index contributed by atoms with van der Waals surface area (Å²) in [5.74, 6) is -1.01. The predicted octanol–water partition coefficient (Wildman–Crippen LogP) is 1.50. The molecule has 3 aromatic rings. The molecule has 1 heterocycles. The number of imidazole rings is 1. The van der Waals surface area contributed by atoms with Crippen molar-refractivity contribution in [1.29, 1.82) is 0 Å². The third kappa shape index (κ3) is 5.55. The Bertz CT molecular complexity index is 1000. The van der Waals surface area contributed by atoms with Crippen molar-refractivity contribution in [2.75, 3.05) is 0 Å². The van der Waals surface area contributed by atoms with Gasteiger partial charge in [0.25, 0.3) is 11.8 Å². The van der Waals surface area contributed by atoms with Gasteiger partial charge < -0.3 is 14.6 Å². The lowest BCUT2D eigenvalue weighted by Gasteiger charge is -2.15. The zero-order valence-corrected chi connectivity index (χ0v) is 15.8. The Morgan fingerprint density at radius 1 is 1.03 bits per heavy atom. The largest absolute Gasteiger partial charge is 0.445 e. The van der Waals surface area contributed by atoms with Crippen LogP contribution in [0.3, 0.4) is 0 Å². The molecule has 2 aromatic carbocycles. The van der Waals surface area contributed by atoms with Gasteiger partial charge in [0.15, 0.2) is 0 Å². The number of carbonyl (C=O) groups is 3. The molecule has 150 valence electrons. The van der Waals surface area contributed by atoms with Crippen molar-refractivity contribution in [1.82, 2.24) is 25.7 Å². The first-order valence-electron chi connectivity index (χ1n) is 8.98. The van der Waals surface area contributed by atoms with Crippen LogP contribution < -0.4 is 16.2 Å². The first-order chi connectivity index (χ1) is 14.0. The van der Waals surface area contributed by atoms with Crippen molar-refractivity contribution in [3.05, 3.63) is 66.5 Å². The summed E-state index contributed by atoms with van der Waals surface area (Å²) in [5, 5.41) is 2.40. The number of hydrazine groups is 1. The van der Waals surface area contributed by atoms with Gasteiger partial charge in [0.1, 0.15) is 19.2 Å². The van der Waals surface area contributed by atoms with Crippen molar-refractivity contribution in [2.24, 2.45) is 0 Å². The summed E-state index contributed by atoms with van der Waals surface area (Å²) in [6.45, 7) is 1.56. The van der Waals surface area contributed by atoms with Gasteiger partial charge in [0.2, 0.25) is 0 Å². The molecule has 0 radical (unpaired) electrons. The second-order valence-corrected chi connectivity index (χ2v) is 6.33. The minimum absolute atomic E-state index is 0.0122. The number of benzene rings is 2. The van der Waals surface area contributed by atoms with E-state index >= 15 is 0 Å². The summed E-state index contributed by atoms with van der Waals surface area (Å²) in [6.07, 6.45) is 0.826. The first kappa shape index (κ1) is 19.9. The third-order valence-electron chi connectivity index (χ3n) is 4.11. The van der Waals surface area contributed by atoms with Crippen LogP contribution in [0.4, 0.5) is 4.79 Å². The van der Waals surface area contributed by atoms with E-state index in [0.717, 1.165) is 16.6 Å². The van der Waals surface area contributed by atoms with Crippen molar-refractivity contribution in [2.45, 2.75) is 26.1 Å². The number of hydrogen-bond acceptors (Lipinski definition) is 5. The number of para-hydroxylation sites is 2. The molecule has 0 saturated heterocycles. The number of nitrogens with zero attached hydrogens (tertiary/aromatic N) is 2. The van der Waals surface area contributed by atoms with Gasteiger partial charge in [-0.2, -0.15) is 0 Å². The van der Waals surface area contributed by atoms with Crippen molar-refractivity contribution in [3.63, 3.8) is 0 Å². The van der Waals surface area contributed by atoms with E-state index in [1.807, 2.05) is 54.6 Å². The Hall–Kier alpha value is -3.88. The molecule has 9 nitrogen and oxygen atoms in total. The van der Waals surface area contributed by atoms with Gasteiger partial charge in [-0.1, -0.05) is 42.5 Å². The normalized spacial score (nSPS) is 11.5. The molecule has 0 saturated carbocycles. The zero-order chi connectivity index (χ0) is 20.6. The fourth-order valence-electron chi connectivity index (χ4n) is 2.58. The maximum absolute atomic E-state index is 12.1. The van der Waals surface area contributed by atoms with E-state index in [0.29, 0.717) is 0 Å². The lowest BCUT2D eigenvalue weighted by molar-refractivity contribution is -0.130. The van der Waals surface area contributed by atoms with E-state index in [4.69, 9.17) is 4.74 Å². The van der Waals surface area contributed by atoms with Gasteiger partial charge in [0.05, 0.1) is 17.4 Å². The highest BCUT2D eigenvalue weighted by Crippen LogP contribution is 2.11. The standard InChI is InChI=1S/C20H21N5O4/c1-14(22-20(28)29-12-15-7-3-2-4-8-15)19(27)24-23-18(26)11-25-13-21-16-9-5-6-10-17(16)25/h2-10,13-14H,11-12H2,1H3,(H,22,28)(H,23,26)(H,24,27)/t14-/m0/s1. The van der Waals surface area contributed by atoms with Gasteiger partial charge in [0, 0.05) is 0 Å². The molecule has 0 aliphatic carbocycles. The number of fused-ring (bicyclic) bond motifs is 1. The zero-order valence-electron chi connectivity index (χ0n) is 15.8. The lowest BCUT2D eigenvalue weighted by atomic mass is 10.2. The number of nitrogens with one attached hydrogen (secondary N) is 3. The molecular formula is C20H21N5O4. The Balaban J connectivity index is 1.41. The summed E-state index contributed by atoms with van der Waals surface area (Å²) in [6, 6.07) is 15.7. The average molecular weight is 395 g/mol. The number of ether oxygens (including phenoxy) is 1. The van der Waals surface area contributed by atoms with Crippen LogP contribution in [0.5, 0.6) is 0 Å². The van der Waals surface area contributed by atoms with Crippen LogP contribution in [-0.2, 0) is 27.5 Å². The SMILES string of the molecule is C[C@H](NC(=O)OCc1ccccc1)C(=O)NNC(=O)Cn1cnc2ccccc21. The van der Waals surface area contributed by atoms with Crippen molar-refractivity contribution >= 4 is 28.9 Å². The summed E-state index contributed by atoms with van der Waals surface area (Å²) >= 11 is 0. The Morgan fingerprint density at radius 2 is 1.76 bits per heavy atom. The number of hydrogen-bond donors (Lipinski definition) is 3. The van der Waals surface area contributed by atoms with Gasteiger partial charge >= 0.3 is 6.09 Å². The minimum Gasteiger partial charge on any atom is -0.445 e. The van der Waals surface area contributed by atoms with Crippen LogP contribution in [0.2, 0.25) is 0 Å². The second kappa shape index (κ2) is 9.36. The van der Waals surface area contributed by atoms with Crippen LogP contribution in [0.15, 0.2) is 60.9 Å². The minimum atomic E-state index is -0.896. The highest BCUT2D eigenvalue weighted by molar-refractivity contribution is 5.87. The number of rotatable bonds is 6. The van der Waals surface area contributed by atoms with Crippen LogP contribution in [0, 0.1) is 0 Å². The van der Waals surface area contributed by atoms with Crippen LogP contribution >= 0.6 is 0 Å². The van der Waals surface area contributed by atoms with E-state index in [1.54, 1.807) is 10.9 Å². The Kier molecular flexibility index (Phi) is 6.41. The summed E-state index contributed by atoms with van der Waals surface area (Å²) < 4.78 is 6.72. The Labute approximate surface area is 167 Å². The first-order valence-corrected chi connectivity index (χ1v) is 8.98. The summed E-state index contributed by atoms with van der Waals surface area (Å²) in [4.78, 5) is 40.1. The molecule has 0 aliphatic heterocycles. The van der Waals surface area contributed by atoms with E-state index in [-0.39, 0.29) is 13.2 Å². The quantitative estimate of drug-likeness (QED) is 0.547. The van der Waals surface area contributed by atoms with E-state index in [2.05, 4.69) is 21.2 Å². The molecule has 0 unspecified atom stereocenters. The van der Waals surface area contributed by atoms with Crippen LogP contribution in [0.25, 0.3) is 11.0 Å². The van der Waals surface area contributed by atoms with Crippen LogP contribution in [0.1, 0.15) is 12.5 Å². The molecule has 1 aromatic heterocycles. The topological polar surface area (TPSA) is 114 Å². The fraction of sp³-hybridized carbons (Fsp3) is 0.200. The van der Waals surface area contributed by atoms with E-state index in [1.165, 1.54) is 6.92 Å². The highest BCUT2D eigenvalue weighted by Gasteiger charge is 2.17. The average Bonchev–Trinajstić information content (AvgIpc) is 3.14. The second-order valence-electron chi connectivity index (χ2n) is 6.33. The molecule has 0 bridgehead atoms. The molecule has 3 rings (SSSR count). The van der Waals surface area contributed by atoms with E-state index < -0.39 is 23.9 Å². The fourth-order valence-corrected chi connectivity index (χ4v) is 2.58. The third-order valence-corrected chi connectivity index (χ3v) is 4.11. The van der Waals surface area contributed by atoms with Gasteiger partial charge in [-0.15, -0.1) is 0 Å². The van der Waals surface area contributed by atoms with Gasteiger partial charge in [-0.25, -0.2) is 9.78 Å². The van der Waals surface area contributed by atoms with Crippen LogP contribution in [-0.4, -0.2) is 33.5 Å². The van der Waals surface area contributed by atoms with Crippen molar-refractivity contribution < 1.29 is 19.1 Å². The number of alkyl carbamates (subject to hydrolysis) is 1. The number of carbonyl (C=O) groups excluding carboxylic acids is 3. The smallest absolute Gasteiger partial charge is 0.408 e. The monoisotopic (exact) mass is 395 g/mol. The maximum atomic E-state index is 12.1. The molecule has 9 heteroatoms. The molecule has 3 amide bonds. The van der Waals surface area contributed by atoms with Gasteiger partial charge in [-0.3, -0.25) is 20.4 Å². The molecule has 0 aliphatic rings. The predicted molar refractivity (Wildman–Crippen MR) is 105 cm³/mol. The number of amides is 3. The Morgan fingerprint density at radius 3 is 2.55 bits per heavy atom. The van der Waals surface area contributed by atoms with Gasteiger partial charge in [-0.05, 0) is 24.6 Å². The molecule has 29 heavy (non-hydrogen) atoms. The number of aromatic nitrogens is 2. The molecule has 3 N–H and O–H groups in total. The summed E-state index contributed by atoms with van der Waals surface area (Å²) in [7, 11) is 0. The highest BCUT2D eigenvalue weighted by atomic mass is 16.5. The summed E-state index contributed by atoms with van der Waals surface area (Å²) in [5.41, 5.74) is 7.01. The maximum Gasteiger partial charge on any atom is 0.408 e.